The molecule has 2 N–H and O–H groups in total. The fraction of sp³-hybridized carbons (Fsp3) is 0.706. The Kier molecular flexibility index (Phi) is 10.7. The maximum absolute atomic E-state index is 12.2. The molecule has 132 valence electrons. The van der Waals surface area contributed by atoms with Crippen molar-refractivity contribution in [2.24, 2.45) is 11.8 Å². The van der Waals surface area contributed by atoms with E-state index < -0.39 is 23.8 Å². The second kappa shape index (κ2) is 11.7. The van der Waals surface area contributed by atoms with Crippen molar-refractivity contribution in [1.29, 1.82) is 0 Å². The zero-order valence-electron chi connectivity index (χ0n) is 14.0. The fourth-order valence-electron chi connectivity index (χ4n) is 2.20. The van der Waals surface area contributed by atoms with Crippen LogP contribution in [-0.2, 0) is 19.1 Å². The van der Waals surface area contributed by atoms with Crippen molar-refractivity contribution < 1.29 is 29.3 Å². The number of hydrogen-bond acceptors (Lipinski definition) is 4. The van der Waals surface area contributed by atoms with Crippen LogP contribution in [0, 0.1) is 11.8 Å². The lowest BCUT2D eigenvalue weighted by atomic mass is 9.95. The summed E-state index contributed by atoms with van der Waals surface area (Å²) in [5, 5.41) is 17.6. The number of ether oxygens (including phenoxy) is 1. The highest BCUT2D eigenvalue weighted by Gasteiger charge is 2.24. The molecule has 0 aliphatic carbocycles. The number of hydrogen-bond donors (Lipinski definition) is 2. The van der Waals surface area contributed by atoms with Crippen LogP contribution in [0.1, 0.15) is 58.8 Å². The highest BCUT2D eigenvalue weighted by molar-refractivity contribution is 5.87. The van der Waals surface area contributed by atoms with E-state index >= 15 is 0 Å². The molecule has 0 rings (SSSR count). The van der Waals surface area contributed by atoms with Crippen molar-refractivity contribution in [1.82, 2.24) is 0 Å². The molecular weight excluding hydrogens is 300 g/mol. The van der Waals surface area contributed by atoms with Gasteiger partial charge in [0, 0.05) is 12.0 Å². The van der Waals surface area contributed by atoms with Crippen molar-refractivity contribution in [3.8, 4) is 0 Å². The van der Waals surface area contributed by atoms with Crippen LogP contribution >= 0.6 is 0 Å². The first-order valence-electron chi connectivity index (χ1n) is 8.11. The molecule has 0 aromatic rings. The molecule has 0 aliphatic heterocycles. The maximum Gasteiger partial charge on any atom is 0.330 e. The first-order chi connectivity index (χ1) is 10.8. The van der Waals surface area contributed by atoms with E-state index in [2.05, 4.69) is 13.5 Å². The summed E-state index contributed by atoms with van der Waals surface area (Å²) >= 11 is 0. The third kappa shape index (κ3) is 9.71. The summed E-state index contributed by atoms with van der Waals surface area (Å²) in [6, 6.07) is 0. The number of rotatable bonds is 13. The Bertz CT molecular complexity index is 415. The summed E-state index contributed by atoms with van der Waals surface area (Å²) in [7, 11) is 0. The van der Waals surface area contributed by atoms with Crippen molar-refractivity contribution in [2.45, 2.75) is 58.8 Å². The number of carbonyl (C=O) groups is 3. The molecule has 0 saturated carbocycles. The monoisotopic (exact) mass is 328 g/mol. The third-order valence-corrected chi connectivity index (χ3v) is 3.84. The molecular formula is C17H28O6. The van der Waals surface area contributed by atoms with Crippen LogP contribution in [0.15, 0.2) is 12.2 Å². The topological polar surface area (TPSA) is 101 Å². The van der Waals surface area contributed by atoms with Crippen LogP contribution < -0.4 is 0 Å². The quantitative estimate of drug-likeness (QED) is 0.397. The highest BCUT2D eigenvalue weighted by atomic mass is 16.5. The normalized spacial score (nSPS) is 13.1. The van der Waals surface area contributed by atoms with E-state index in [0.29, 0.717) is 6.61 Å². The molecule has 0 bridgehead atoms. The van der Waals surface area contributed by atoms with Crippen LogP contribution in [0.3, 0.4) is 0 Å². The molecule has 2 unspecified atom stereocenters. The molecule has 6 nitrogen and oxygen atoms in total. The van der Waals surface area contributed by atoms with Crippen LogP contribution in [0.5, 0.6) is 0 Å². The Hall–Kier alpha value is -1.85. The van der Waals surface area contributed by atoms with Gasteiger partial charge in [0.15, 0.2) is 0 Å². The van der Waals surface area contributed by atoms with Gasteiger partial charge in [0.25, 0.3) is 0 Å². The van der Waals surface area contributed by atoms with Gasteiger partial charge in [0.1, 0.15) is 0 Å². The summed E-state index contributed by atoms with van der Waals surface area (Å²) in [5.74, 6) is -3.26. The standard InChI is InChI=1S/C17H28O6/c1-4-6-7-13(5-2)11-23-17(22)14(8-9-15(18)19)10-12(3)16(20)21/h13-14H,3-11H2,1-2H3,(H,18,19)(H,20,21). The molecule has 0 spiro atoms. The molecule has 0 aliphatic rings. The van der Waals surface area contributed by atoms with Gasteiger partial charge in [0.05, 0.1) is 12.5 Å². The predicted molar refractivity (Wildman–Crippen MR) is 86.0 cm³/mol. The zero-order chi connectivity index (χ0) is 17.8. The van der Waals surface area contributed by atoms with Crippen molar-refractivity contribution in [2.75, 3.05) is 6.61 Å². The first-order valence-corrected chi connectivity index (χ1v) is 8.11. The smallest absolute Gasteiger partial charge is 0.330 e. The Labute approximate surface area is 137 Å². The van der Waals surface area contributed by atoms with Crippen LogP contribution in [0.2, 0.25) is 0 Å². The van der Waals surface area contributed by atoms with E-state index in [-0.39, 0.29) is 30.8 Å². The Morgan fingerprint density at radius 3 is 2.26 bits per heavy atom. The lowest BCUT2D eigenvalue weighted by Crippen LogP contribution is -2.23. The van der Waals surface area contributed by atoms with Crippen LogP contribution in [0.4, 0.5) is 0 Å². The molecule has 23 heavy (non-hydrogen) atoms. The lowest BCUT2D eigenvalue weighted by Gasteiger charge is -2.19. The number of carboxylic acid groups (broad SMARTS) is 2. The van der Waals surface area contributed by atoms with Gasteiger partial charge in [-0.25, -0.2) is 4.79 Å². The Morgan fingerprint density at radius 1 is 1.13 bits per heavy atom. The number of carboxylic acids is 2. The minimum absolute atomic E-state index is 0.0478. The highest BCUT2D eigenvalue weighted by Crippen LogP contribution is 2.20. The van der Waals surface area contributed by atoms with E-state index in [4.69, 9.17) is 14.9 Å². The van der Waals surface area contributed by atoms with Crippen LogP contribution in [0.25, 0.3) is 0 Å². The van der Waals surface area contributed by atoms with Gasteiger partial charge in [-0.2, -0.15) is 0 Å². The Balaban J connectivity index is 4.60. The second-order valence-corrected chi connectivity index (χ2v) is 5.79. The predicted octanol–water partition coefficient (Wildman–Crippen LogP) is 3.26. The average Bonchev–Trinajstić information content (AvgIpc) is 2.50. The van der Waals surface area contributed by atoms with Gasteiger partial charge in [-0.05, 0) is 25.2 Å². The molecule has 0 saturated heterocycles. The fourth-order valence-corrected chi connectivity index (χ4v) is 2.20. The lowest BCUT2D eigenvalue weighted by molar-refractivity contribution is -0.150. The number of carbonyl (C=O) groups excluding carboxylic acids is 1. The molecule has 0 aromatic carbocycles. The zero-order valence-corrected chi connectivity index (χ0v) is 14.0. The maximum atomic E-state index is 12.2. The molecule has 0 amide bonds. The molecule has 0 heterocycles. The summed E-state index contributed by atoms with van der Waals surface area (Å²) in [6.07, 6.45) is 3.76. The molecule has 2 atom stereocenters. The minimum atomic E-state index is -1.19. The summed E-state index contributed by atoms with van der Waals surface area (Å²) < 4.78 is 5.30. The van der Waals surface area contributed by atoms with Crippen molar-refractivity contribution in [3.63, 3.8) is 0 Å². The number of esters is 1. The minimum Gasteiger partial charge on any atom is -0.481 e. The van der Waals surface area contributed by atoms with Gasteiger partial charge >= 0.3 is 17.9 Å². The van der Waals surface area contributed by atoms with Gasteiger partial charge in [-0.3, -0.25) is 9.59 Å². The first kappa shape index (κ1) is 21.1. The van der Waals surface area contributed by atoms with E-state index in [9.17, 15) is 14.4 Å². The van der Waals surface area contributed by atoms with E-state index in [1.807, 2.05) is 6.92 Å². The molecule has 0 radical (unpaired) electrons. The summed E-state index contributed by atoms with van der Waals surface area (Å²) in [4.78, 5) is 33.7. The van der Waals surface area contributed by atoms with Gasteiger partial charge in [-0.15, -0.1) is 0 Å². The SMILES string of the molecule is C=C(CC(CCC(=O)O)C(=O)OCC(CC)CCCC)C(=O)O. The van der Waals surface area contributed by atoms with Gasteiger partial charge < -0.3 is 14.9 Å². The summed E-state index contributed by atoms with van der Waals surface area (Å²) in [5.41, 5.74) is -0.115. The summed E-state index contributed by atoms with van der Waals surface area (Å²) in [6.45, 7) is 7.82. The van der Waals surface area contributed by atoms with Gasteiger partial charge in [0.2, 0.25) is 0 Å². The number of unbranched alkanes of at least 4 members (excludes halogenated alkanes) is 1. The van der Waals surface area contributed by atoms with Crippen molar-refractivity contribution >= 4 is 17.9 Å². The van der Waals surface area contributed by atoms with Gasteiger partial charge in [-0.1, -0.05) is 39.7 Å². The molecule has 0 aromatic heterocycles. The largest absolute Gasteiger partial charge is 0.481 e. The molecule has 6 heteroatoms. The molecule has 0 fully saturated rings. The van der Waals surface area contributed by atoms with E-state index in [1.54, 1.807) is 0 Å². The Morgan fingerprint density at radius 2 is 1.78 bits per heavy atom. The number of aliphatic carboxylic acids is 2. The van der Waals surface area contributed by atoms with Crippen LogP contribution in [-0.4, -0.2) is 34.7 Å². The average molecular weight is 328 g/mol. The van der Waals surface area contributed by atoms with Crippen molar-refractivity contribution in [3.05, 3.63) is 12.2 Å². The third-order valence-electron chi connectivity index (χ3n) is 3.84. The van der Waals surface area contributed by atoms with E-state index in [1.165, 1.54) is 0 Å². The second-order valence-electron chi connectivity index (χ2n) is 5.79. The van der Waals surface area contributed by atoms with E-state index in [0.717, 1.165) is 25.7 Å².